The predicted octanol–water partition coefficient (Wildman–Crippen LogP) is 7.00. The van der Waals surface area contributed by atoms with Gasteiger partial charge in [-0.25, -0.2) is 0 Å². The first-order chi connectivity index (χ1) is 13.7. The van der Waals surface area contributed by atoms with Crippen LogP contribution in [-0.4, -0.2) is 18.9 Å². The second-order valence-electron chi connectivity index (χ2n) is 8.07. The number of carbonyl (C=O) groups is 1. The van der Waals surface area contributed by atoms with Crippen molar-refractivity contribution in [2.45, 2.75) is 104 Å². The lowest BCUT2D eigenvalue weighted by atomic mass is 10.0. The van der Waals surface area contributed by atoms with E-state index < -0.39 is 0 Å². The number of carbonyl (C=O) groups excluding carboxylic acids is 1. The lowest BCUT2D eigenvalue weighted by Gasteiger charge is -2.11. The average Bonchev–Trinajstić information content (AvgIpc) is 2.71. The molecule has 3 nitrogen and oxygen atoms in total. The van der Waals surface area contributed by atoms with Crippen LogP contribution < -0.4 is 10.5 Å². The fraction of sp³-hybridized carbons (Fsp3) is 0.720. The Kier molecular flexibility index (Phi) is 14.6. The van der Waals surface area contributed by atoms with Gasteiger partial charge in [-0.1, -0.05) is 102 Å². The Morgan fingerprint density at radius 2 is 1.32 bits per heavy atom. The second-order valence-corrected chi connectivity index (χ2v) is 8.07. The molecule has 0 heterocycles. The molecule has 2 N–H and O–H groups in total. The molecule has 1 aromatic rings. The van der Waals surface area contributed by atoms with Crippen LogP contribution in [0.15, 0.2) is 18.2 Å². The van der Waals surface area contributed by atoms with Gasteiger partial charge in [0.05, 0.1) is 18.7 Å². The molecule has 28 heavy (non-hydrogen) atoms. The van der Waals surface area contributed by atoms with Gasteiger partial charge in [0.15, 0.2) is 5.78 Å². The highest BCUT2D eigenvalue weighted by Crippen LogP contribution is 2.21. The summed E-state index contributed by atoms with van der Waals surface area (Å²) >= 11 is 0. The molecule has 0 aromatic heterocycles. The number of nitrogens with two attached hydrogens (primary N) is 1. The minimum Gasteiger partial charge on any atom is -0.493 e. The predicted molar refractivity (Wildman–Crippen MR) is 120 cm³/mol. The quantitative estimate of drug-likeness (QED) is 0.217. The molecule has 0 aliphatic carbocycles. The Morgan fingerprint density at radius 1 is 0.821 bits per heavy atom. The van der Waals surface area contributed by atoms with Gasteiger partial charge in [0, 0.05) is 0 Å². The molecule has 160 valence electrons. The van der Waals surface area contributed by atoms with Crippen LogP contribution in [0.3, 0.4) is 0 Å². The van der Waals surface area contributed by atoms with E-state index in [0.717, 1.165) is 12.0 Å². The molecular formula is C25H43NO2. The zero-order chi connectivity index (χ0) is 20.5. The molecule has 1 aromatic carbocycles. The van der Waals surface area contributed by atoms with Gasteiger partial charge in [0.2, 0.25) is 0 Å². The Bertz CT molecular complexity index is 527. The molecule has 0 spiro atoms. The second kappa shape index (κ2) is 16.6. The maximum Gasteiger partial charge on any atom is 0.180 e. The van der Waals surface area contributed by atoms with Gasteiger partial charge in [-0.2, -0.15) is 0 Å². The summed E-state index contributed by atoms with van der Waals surface area (Å²) in [6.45, 7) is 4.95. The summed E-state index contributed by atoms with van der Waals surface area (Å²) in [5, 5.41) is 0. The summed E-state index contributed by atoms with van der Waals surface area (Å²) in [5.41, 5.74) is 7.18. The van der Waals surface area contributed by atoms with Crippen molar-refractivity contribution in [3.63, 3.8) is 0 Å². The topological polar surface area (TPSA) is 52.3 Å². The van der Waals surface area contributed by atoms with Crippen molar-refractivity contribution >= 4 is 5.78 Å². The highest BCUT2D eigenvalue weighted by molar-refractivity contribution is 6.00. The van der Waals surface area contributed by atoms with Crippen molar-refractivity contribution in [2.24, 2.45) is 5.73 Å². The van der Waals surface area contributed by atoms with Crippen LogP contribution in [0.2, 0.25) is 0 Å². The minimum atomic E-state index is -0.0559. The number of rotatable bonds is 18. The first-order valence-electron chi connectivity index (χ1n) is 11.7. The number of aryl methyl sites for hydroxylation is 1. The Labute approximate surface area is 173 Å². The number of unbranched alkanes of at least 4 members (excludes halogenated alkanes) is 13. The van der Waals surface area contributed by atoms with E-state index >= 15 is 0 Å². The van der Waals surface area contributed by atoms with E-state index in [4.69, 9.17) is 10.5 Å². The number of ketones is 1. The third-order valence-electron chi connectivity index (χ3n) is 5.38. The molecule has 0 radical (unpaired) electrons. The van der Waals surface area contributed by atoms with Crippen LogP contribution in [0, 0.1) is 6.92 Å². The highest BCUT2D eigenvalue weighted by atomic mass is 16.5. The van der Waals surface area contributed by atoms with Gasteiger partial charge in [-0.05, 0) is 25.5 Å². The van der Waals surface area contributed by atoms with Crippen LogP contribution in [0.5, 0.6) is 5.75 Å². The third-order valence-corrected chi connectivity index (χ3v) is 5.38. The normalized spacial score (nSPS) is 11.0. The van der Waals surface area contributed by atoms with Crippen molar-refractivity contribution in [2.75, 3.05) is 13.2 Å². The molecule has 0 aliphatic heterocycles. The molecule has 1 rings (SSSR count). The number of hydrogen-bond acceptors (Lipinski definition) is 3. The average molecular weight is 390 g/mol. The van der Waals surface area contributed by atoms with Gasteiger partial charge >= 0.3 is 0 Å². The molecule has 0 fully saturated rings. The van der Waals surface area contributed by atoms with Crippen molar-refractivity contribution in [3.8, 4) is 5.75 Å². The third kappa shape index (κ3) is 11.5. The van der Waals surface area contributed by atoms with Crippen LogP contribution in [0.1, 0.15) is 113 Å². The molecule has 0 bridgehead atoms. The van der Waals surface area contributed by atoms with E-state index in [1.54, 1.807) is 0 Å². The maximum atomic E-state index is 11.9. The molecule has 0 amide bonds. The standard InChI is InChI=1S/C25H43NO2/c1-3-4-5-6-7-8-9-10-11-12-13-14-15-16-19-28-25-18-17-22(2)20-23(25)24(27)21-26/h17-18,20H,3-16,19,21,26H2,1-2H3. The SMILES string of the molecule is CCCCCCCCCCCCCCCCOc1ccc(C)cc1C(=O)CN. The zero-order valence-electron chi connectivity index (χ0n) is 18.4. The Hall–Kier alpha value is -1.35. The van der Waals surface area contributed by atoms with E-state index in [1.807, 2.05) is 25.1 Å². The summed E-state index contributed by atoms with van der Waals surface area (Å²) in [5.74, 6) is 0.621. The number of benzene rings is 1. The fourth-order valence-electron chi connectivity index (χ4n) is 3.58. The van der Waals surface area contributed by atoms with Crippen LogP contribution in [0.25, 0.3) is 0 Å². The molecule has 0 atom stereocenters. The van der Waals surface area contributed by atoms with Gasteiger partial charge in [-0.3, -0.25) is 4.79 Å². The maximum absolute atomic E-state index is 11.9. The lowest BCUT2D eigenvalue weighted by molar-refractivity contribution is 0.0997. The van der Waals surface area contributed by atoms with Gasteiger partial charge in [-0.15, -0.1) is 0 Å². The monoisotopic (exact) mass is 389 g/mol. The molecule has 0 aliphatic rings. The minimum absolute atomic E-state index is 0.0265. The van der Waals surface area contributed by atoms with E-state index in [2.05, 4.69) is 6.92 Å². The summed E-state index contributed by atoms with van der Waals surface area (Å²) in [4.78, 5) is 11.9. The smallest absolute Gasteiger partial charge is 0.180 e. The summed E-state index contributed by atoms with van der Waals surface area (Å²) in [6, 6.07) is 5.74. The van der Waals surface area contributed by atoms with Gasteiger partial charge in [0.25, 0.3) is 0 Å². The largest absolute Gasteiger partial charge is 0.493 e. The van der Waals surface area contributed by atoms with E-state index in [-0.39, 0.29) is 12.3 Å². The molecule has 0 saturated carbocycles. The molecule has 0 unspecified atom stereocenters. The lowest BCUT2D eigenvalue weighted by Crippen LogP contribution is -2.15. The number of Topliss-reactive ketones (excluding diaryl/α,β-unsaturated/α-hetero) is 1. The first kappa shape index (κ1) is 24.7. The first-order valence-corrected chi connectivity index (χ1v) is 11.7. The van der Waals surface area contributed by atoms with E-state index in [0.29, 0.717) is 17.9 Å². The van der Waals surface area contributed by atoms with Crippen molar-refractivity contribution in [3.05, 3.63) is 29.3 Å². The van der Waals surface area contributed by atoms with Crippen LogP contribution in [0.4, 0.5) is 0 Å². The molecule has 0 saturated heterocycles. The number of ether oxygens (including phenoxy) is 1. The van der Waals surface area contributed by atoms with Crippen LogP contribution in [-0.2, 0) is 0 Å². The van der Waals surface area contributed by atoms with E-state index in [1.165, 1.54) is 83.5 Å². The van der Waals surface area contributed by atoms with Gasteiger partial charge in [0.1, 0.15) is 5.75 Å². The Balaban J connectivity index is 1.98. The number of hydrogen-bond donors (Lipinski definition) is 1. The molecule has 3 heteroatoms. The van der Waals surface area contributed by atoms with E-state index in [9.17, 15) is 4.79 Å². The highest BCUT2D eigenvalue weighted by Gasteiger charge is 2.11. The van der Waals surface area contributed by atoms with Crippen molar-refractivity contribution in [1.29, 1.82) is 0 Å². The van der Waals surface area contributed by atoms with Gasteiger partial charge < -0.3 is 10.5 Å². The van der Waals surface area contributed by atoms with Crippen molar-refractivity contribution in [1.82, 2.24) is 0 Å². The summed E-state index contributed by atoms with van der Waals surface area (Å²) in [6.07, 6.45) is 18.9. The summed E-state index contributed by atoms with van der Waals surface area (Å²) < 4.78 is 5.85. The summed E-state index contributed by atoms with van der Waals surface area (Å²) in [7, 11) is 0. The van der Waals surface area contributed by atoms with Crippen molar-refractivity contribution < 1.29 is 9.53 Å². The zero-order valence-corrected chi connectivity index (χ0v) is 18.4. The fourth-order valence-corrected chi connectivity index (χ4v) is 3.58. The van der Waals surface area contributed by atoms with Crippen LogP contribution >= 0.6 is 0 Å². The molecular weight excluding hydrogens is 346 g/mol. The Morgan fingerprint density at radius 3 is 1.82 bits per heavy atom.